The number of fused-ring (bicyclic) bond motifs is 1. The van der Waals surface area contributed by atoms with Gasteiger partial charge in [-0.1, -0.05) is 12.1 Å². The van der Waals surface area contributed by atoms with Crippen molar-refractivity contribution < 1.29 is 13.5 Å². The van der Waals surface area contributed by atoms with Gasteiger partial charge in [-0.05, 0) is 12.1 Å². The van der Waals surface area contributed by atoms with E-state index in [0.29, 0.717) is 5.69 Å². The van der Waals surface area contributed by atoms with E-state index < -0.39 is 16.1 Å². The van der Waals surface area contributed by atoms with Crippen LogP contribution < -0.4 is 0 Å². The molecule has 1 unspecified atom stereocenters. The van der Waals surface area contributed by atoms with Crippen molar-refractivity contribution in [3.05, 3.63) is 24.3 Å². The molecule has 0 bridgehead atoms. The lowest BCUT2D eigenvalue weighted by molar-refractivity contribution is 0.184. The SMILES string of the molecule is O=S1(=O)c2ccccc2N=CN1CC(O)CCl. The number of aliphatic hydroxyl groups is 1. The molecule has 5 nitrogen and oxygen atoms in total. The molecule has 0 saturated carbocycles. The smallest absolute Gasteiger partial charge is 0.267 e. The standard InChI is InChI=1S/C10H11ClN2O3S/c11-5-8(14)6-13-7-12-9-3-1-2-4-10(9)17(13,15)16/h1-4,7-8,14H,5-6H2. The Balaban J connectivity index is 2.38. The molecule has 1 aromatic rings. The Kier molecular flexibility index (Phi) is 3.37. The number of nitrogens with zero attached hydrogens (tertiary/aromatic N) is 2. The lowest BCUT2D eigenvalue weighted by Crippen LogP contribution is -2.38. The van der Waals surface area contributed by atoms with Crippen LogP contribution in [0.3, 0.4) is 0 Å². The van der Waals surface area contributed by atoms with Gasteiger partial charge >= 0.3 is 0 Å². The topological polar surface area (TPSA) is 70.0 Å². The van der Waals surface area contributed by atoms with Crippen LogP contribution in [0.15, 0.2) is 34.2 Å². The lowest BCUT2D eigenvalue weighted by atomic mass is 10.3. The van der Waals surface area contributed by atoms with Crippen LogP contribution >= 0.6 is 11.6 Å². The van der Waals surface area contributed by atoms with Gasteiger partial charge in [-0.15, -0.1) is 11.6 Å². The van der Waals surface area contributed by atoms with Gasteiger partial charge in [0.25, 0.3) is 10.0 Å². The van der Waals surface area contributed by atoms with E-state index in [-0.39, 0.29) is 17.3 Å². The first-order chi connectivity index (χ1) is 8.05. The third-order valence-electron chi connectivity index (χ3n) is 2.35. The number of hydrogen-bond acceptors (Lipinski definition) is 4. The van der Waals surface area contributed by atoms with Crippen molar-refractivity contribution in [1.82, 2.24) is 4.31 Å². The van der Waals surface area contributed by atoms with Gasteiger partial charge in [0.15, 0.2) is 0 Å². The van der Waals surface area contributed by atoms with Gasteiger partial charge in [-0.2, -0.15) is 0 Å². The molecule has 0 spiro atoms. The zero-order valence-corrected chi connectivity index (χ0v) is 10.4. The molecule has 17 heavy (non-hydrogen) atoms. The fourth-order valence-electron chi connectivity index (χ4n) is 1.50. The summed E-state index contributed by atoms with van der Waals surface area (Å²) in [6, 6.07) is 6.46. The number of alkyl halides is 1. The Morgan fingerprint density at radius 1 is 1.41 bits per heavy atom. The van der Waals surface area contributed by atoms with Crippen molar-refractivity contribution in [3.63, 3.8) is 0 Å². The zero-order chi connectivity index (χ0) is 12.5. The molecule has 92 valence electrons. The fraction of sp³-hybridized carbons (Fsp3) is 0.300. The van der Waals surface area contributed by atoms with E-state index in [0.717, 1.165) is 4.31 Å². The molecular weight excluding hydrogens is 264 g/mol. The number of hydrogen-bond donors (Lipinski definition) is 1. The van der Waals surface area contributed by atoms with Gasteiger partial charge in [0, 0.05) is 0 Å². The first kappa shape index (κ1) is 12.3. The van der Waals surface area contributed by atoms with Crippen LogP contribution in [0.4, 0.5) is 5.69 Å². The maximum Gasteiger partial charge on any atom is 0.267 e. The molecule has 7 heteroatoms. The van der Waals surface area contributed by atoms with Crippen LogP contribution in [0, 0.1) is 0 Å². The van der Waals surface area contributed by atoms with Crippen LogP contribution in [-0.4, -0.2) is 42.7 Å². The van der Waals surface area contributed by atoms with Gasteiger partial charge in [0.1, 0.15) is 11.2 Å². The summed E-state index contributed by atoms with van der Waals surface area (Å²) in [6.07, 6.45) is 0.288. The molecule has 0 radical (unpaired) electrons. The maximum absolute atomic E-state index is 12.1. The van der Waals surface area contributed by atoms with Gasteiger partial charge < -0.3 is 5.11 Å². The molecule has 0 aromatic heterocycles. The molecule has 1 N–H and O–H groups in total. The highest BCUT2D eigenvalue weighted by Gasteiger charge is 2.29. The van der Waals surface area contributed by atoms with E-state index in [1.54, 1.807) is 18.2 Å². The van der Waals surface area contributed by atoms with Gasteiger partial charge in [-0.3, -0.25) is 4.31 Å². The summed E-state index contributed by atoms with van der Waals surface area (Å²) in [6.45, 7) is -0.0936. The molecule has 0 saturated heterocycles. The Morgan fingerprint density at radius 2 is 2.12 bits per heavy atom. The summed E-state index contributed by atoms with van der Waals surface area (Å²) >= 11 is 5.45. The number of para-hydroxylation sites is 1. The normalized spacial score (nSPS) is 18.8. The zero-order valence-electron chi connectivity index (χ0n) is 8.82. The lowest BCUT2D eigenvalue weighted by Gasteiger charge is -2.25. The predicted molar refractivity (Wildman–Crippen MR) is 65.2 cm³/mol. The number of halogens is 1. The Bertz CT molecular complexity index is 544. The number of aliphatic imine (C=N–C) groups is 1. The first-order valence-electron chi connectivity index (χ1n) is 4.95. The number of β-amino-alcohol motifs (C(OH)–C–C–N with tert-alkyl or cyclic N) is 1. The molecule has 1 heterocycles. The minimum atomic E-state index is -3.62. The van der Waals surface area contributed by atoms with Crippen molar-refractivity contribution in [2.75, 3.05) is 12.4 Å². The van der Waals surface area contributed by atoms with Crippen molar-refractivity contribution in [3.8, 4) is 0 Å². The second-order valence-electron chi connectivity index (χ2n) is 3.60. The van der Waals surface area contributed by atoms with Crippen molar-refractivity contribution in [2.45, 2.75) is 11.0 Å². The maximum atomic E-state index is 12.1. The quantitative estimate of drug-likeness (QED) is 0.835. The number of benzene rings is 1. The molecule has 0 fully saturated rings. The summed E-state index contributed by atoms with van der Waals surface area (Å²) in [7, 11) is -3.62. The van der Waals surface area contributed by atoms with Gasteiger partial charge in [-0.25, -0.2) is 13.4 Å². The predicted octanol–water partition coefficient (Wildman–Crippen LogP) is 0.950. The molecule has 2 rings (SSSR count). The largest absolute Gasteiger partial charge is 0.390 e. The van der Waals surface area contributed by atoms with E-state index in [9.17, 15) is 13.5 Å². The van der Waals surface area contributed by atoms with E-state index in [2.05, 4.69) is 4.99 Å². The first-order valence-corrected chi connectivity index (χ1v) is 6.92. The van der Waals surface area contributed by atoms with Crippen LogP contribution in [-0.2, 0) is 10.0 Å². The fourth-order valence-corrected chi connectivity index (χ4v) is 3.02. The average Bonchev–Trinajstić information content (AvgIpc) is 2.33. The summed E-state index contributed by atoms with van der Waals surface area (Å²) < 4.78 is 25.3. The summed E-state index contributed by atoms with van der Waals surface area (Å²) in [5, 5.41) is 9.39. The van der Waals surface area contributed by atoms with Crippen molar-refractivity contribution in [2.24, 2.45) is 4.99 Å². The second kappa shape index (κ2) is 4.64. The number of sulfonamides is 1. The highest BCUT2D eigenvalue weighted by molar-refractivity contribution is 7.89. The van der Waals surface area contributed by atoms with E-state index >= 15 is 0 Å². The van der Waals surface area contributed by atoms with Crippen LogP contribution in [0.1, 0.15) is 0 Å². The summed E-state index contributed by atoms with van der Waals surface area (Å²) in [5.74, 6) is -0.0263. The minimum absolute atomic E-state index is 0.0263. The van der Waals surface area contributed by atoms with Gasteiger partial charge in [0.05, 0.1) is 24.2 Å². The Hall–Kier alpha value is -1.11. The highest BCUT2D eigenvalue weighted by Crippen LogP contribution is 2.29. The summed E-state index contributed by atoms with van der Waals surface area (Å²) in [5.41, 5.74) is 0.407. The van der Waals surface area contributed by atoms with Gasteiger partial charge in [0.2, 0.25) is 0 Å². The second-order valence-corrected chi connectivity index (χ2v) is 5.76. The molecule has 0 aliphatic carbocycles. The number of aliphatic hydroxyl groups excluding tert-OH is 1. The monoisotopic (exact) mass is 274 g/mol. The van der Waals surface area contributed by atoms with Crippen molar-refractivity contribution >= 4 is 33.7 Å². The molecular formula is C10H11ClN2O3S. The van der Waals surface area contributed by atoms with Crippen LogP contribution in [0.2, 0.25) is 0 Å². The molecule has 1 aliphatic heterocycles. The van der Waals surface area contributed by atoms with E-state index in [4.69, 9.17) is 11.6 Å². The summed E-state index contributed by atoms with van der Waals surface area (Å²) in [4.78, 5) is 4.17. The van der Waals surface area contributed by atoms with Crippen molar-refractivity contribution in [1.29, 1.82) is 0 Å². The highest BCUT2D eigenvalue weighted by atomic mass is 35.5. The van der Waals surface area contributed by atoms with E-state index in [1.807, 2.05) is 0 Å². The Morgan fingerprint density at radius 3 is 2.82 bits per heavy atom. The number of rotatable bonds is 3. The average molecular weight is 275 g/mol. The third-order valence-corrected chi connectivity index (χ3v) is 4.46. The third kappa shape index (κ3) is 2.29. The van der Waals surface area contributed by atoms with Crippen LogP contribution in [0.5, 0.6) is 0 Å². The molecule has 0 amide bonds. The van der Waals surface area contributed by atoms with Crippen LogP contribution in [0.25, 0.3) is 0 Å². The minimum Gasteiger partial charge on any atom is -0.390 e. The molecule has 1 aromatic carbocycles. The Labute approximate surface area is 104 Å². The molecule has 1 atom stereocenters. The molecule has 1 aliphatic rings. The van der Waals surface area contributed by atoms with E-state index in [1.165, 1.54) is 12.4 Å².